The van der Waals surface area contributed by atoms with Gasteiger partial charge in [0.1, 0.15) is 0 Å². The van der Waals surface area contributed by atoms with Gasteiger partial charge in [0.15, 0.2) is 0 Å². The quantitative estimate of drug-likeness (QED) is 0.914. The minimum atomic E-state index is -0.775. The van der Waals surface area contributed by atoms with Gasteiger partial charge in [-0.2, -0.15) is 0 Å². The Balaban J connectivity index is 2.39. The second-order valence-electron chi connectivity index (χ2n) is 5.72. The number of ether oxygens (including phenoxy) is 1. The number of hydrogen-bond acceptors (Lipinski definition) is 3. The maximum atomic E-state index is 11.1. The molecule has 4 nitrogen and oxygen atoms in total. The largest absolute Gasteiger partial charge is 0.481 e. The summed E-state index contributed by atoms with van der Waals surface area (Å²) in [5.41, 5.74) is 1.77. The Morgan fingerprint density at radius 1 is 1.40 bits per heavy atom. The number of carboxylic acids is 1. The summed E-state index contributed by atoms with van der Waals surface area (Å²) in [6, 6.07) is 6.10. The first kappa shape index (κ1) is 15.3. The van der Waals surface area contributed by atoms with E-state index >= 15 is 0 Å². The predicted molar refractivity (Wildman–Crippen MR) is 82.5 cm³/mol. The first-order valence-electron chi connectivity index (χ1n) is 6.75. The van der Waals surface area contributed by atoms with Gasteiger partial charge < -0.3 is 14.7 Å². The molecule has 0 aliphatic carbocycles. The minimum Gasteiger partial charge on any atom is -0.481 e. The van der Waals surface area contributed by atoms with Crippen LogP contribution in [0.2, 0.25) is 0 Å². The molecule has 1 aromatic rings. The van der Waals surface area contributed by atoms with Crippen LogP contribution in [0.15, 0.2) is 22.7 Å². The third-order valence-corrected chi connectivity index (χ3v) is 4.13. The number of aliphatic carboxylic acids is 1. The lowest BCUT2D eigenvalue weighted by molar-refractivity contribution is -0.138. The molecule has 1 heterocycles. The summed E-state index contributed by atoms with van der Waals surface area (Å²) in [5, 5.41) is 9.14. The molecule has 1 N–H and O–H groups in total. The molecular formula is C15H20BrNO3. The molecule has 0 aromatic heterocycles. The van der Waals surface area contributed by atoms with E-state index in [2.05, 4.69) is 26.9 Å². The standard InChI is InChI=1S/C15H20BrNO3/c1-15(2,10-14(18)19)12-9-11(16)3-4-13(12)17-5-7-20-8-6-17/h3-4,9H,5-8,10H2,1-2H3,(H,18,19). The molecule has 5 heteroatoms. The van der Waals surface area contributed by atoms with Crippen molar-refractivity contribution in [3.8, 4) is 0 Å². The lowest BCUT2D eigenvalue weighted by Gasteiger charge is -2.35. The second-order valence-corrected chi connectivity index (χ2v) is 6.63. The van der Waals surface area contributed by atoms with Crippen molar-refractivity contribution in [2.24, 2.45) is 0 Å². The molecule has 0 atom stereocenters. The van der Waals surface area contributed by atoms with E-state index in [-0.39, 0.29) is 6.42 Å². The number of rotatable bonds is 4. The Kier molecular flexibility index (Phi) is 4.70. The smallest absolute Gasteiger partial charge is 0.304 e. The highest BCUT2D eigenvalue weighted by Gasteiger charge is 2.29. The Morgan fingerprint density at radius 3 is 2.65 bits per heavy atom. The van der Waals surface area contributed by atoms with Crippen LogP contribution in [0.25, 0.3) is 0 Å². The molecule has 1 aliphatic heterocycles. The summed E-state index contributed by atoms with van der Waals surface area (Å²) in [7, 11) is 0. The molecule has 0 bridgehead atoms. The van der Waals surface area contributed by atoms with Gasteiger partial charge >= 0.3 is 5.97 Å². The van der Waals surface area contributed by atoms with Crippen molar-refractivity contribution in [2.45, 2.75) is 25.7 Å². The Bertz CT molecular complexity index is 496. The number of halogens is 1. The highest BCUT2D eigenvalue weighted by molar-refractivity contribution is 9.10. The molecule has 2 rings (SSSR count). The van der Waals surface area contributed by atoms with E-state index in [1.807, 2.05) is 26.0 Å². The van der Waals surface area contributed by atoms with E-state index in [0.29, 0.717) is 0 Å². The maximum Gasteiger partial charge on any atom is 0.304 e. The summed E-state index contributed by atoms with van der Waals surface area (Å²) in [4.78, 5) is 13.4. The SMILES string of the molecule is CC(C)(CC(=O)O)c1cc(Br)ccc1N1CCOCC1. The number of carbonyl (C=O) groups is 1. The highest BCUT2D eigenvalue weighted by Crippen LogP contribution is 2.37. The van der Waals surface area contributed by atoms with Crippen LogP contribution in [-0.2, 0) is 14.9 Å². The summed E-state index contributed by atoms with van der Waals surface area (Å²) in [5.74, 6) is -0.775. The molecule has 0 amide bonds. The number of nitrogens with zero attached hydrogens (tertiary/aromatic N) is 1. The summed E-state index contributed by atoms with van der Waals surface area (Å²) >= 11 is 3.49. The van der Waals surface area contributed by atoms with Gasteiger partial charge in [0.05, 0.1) is 19.6 Å². The molecule has 0 spiro atoms. The minimum absolute atomic E-state index is 0.112. The van der Waals surface area contributed by atoms with Crippen molar-refractivity contribution in [1.29, 1.82) is 0 Å². The summed E-state index contributed by atoms with van der Waals surface area (Å²) in [6.07, 6.45) is 0.112. The number of benzene rings is 1. The van der Waals surface area contributed by atoms with Crippen LogP contribution < -0.4 is 4.90 Å². The van der Waals surface area contributed by atoms with E-state index in [0.717, 1.165) is 42.0 Å². The van der Waals surface area contributed by atoms with Crippen LogP contribution in [0.3, 0.4) is 0 Å². The van der Waals surface area contributed by atoms with Crippen molar-refractivity contribution in [3.63, 3.8) is 0 Å². The first-order valence-corrected chi connectivity index (χ1v) is 7.54. The number of hydrogen-bond donors (Lipinski definition) is 1. The summed E-state index contributed by atoms with van der Waals surface area (Å²) in [6.45, 7) is 7.08. The average molecular weight is 342 g/mol. The molecule has 1 aromatic carbocycles. The van der Waals surface area contributed by atoms with Crippen LogP contribution in [0.5, 0.6) is 0 Å². The van der Waals surface area contributed by atoms with Crippen LogP contribution in [0.4, 0.5) is 5.69 Å². The van der Waals surface area contributed by atoms with Crippen LogP contribution in [0.1, 0.15) is 25.8 Å². The van der Waals surface area contributed by atoms with Gasteiger partial charge in [-0.1, -0.05) is 29.8 Å². The van der Waals surface area contributed by atoms with Crippen LogP contribution in [-0.4, -0.2) is 37.4 Å². The molecule has 0 unspecified atom stereocenters. The van der Waals surface area contributed by atoms with Crippen molar-refractivity contribution in [2.75, 3.05) is 31.2 Å². The number of carboxylic acid groups (broad SMARTS) is 1. The zero-order chi connectivity index (χ0) is 14.8. The zero-order valence-electron chi connectivity index (χ0n) is 11.9. The normalized spacial score (nSPS) is 16.2. The van der Waals surface area contributed by atoms with Crippen LogP contribution in [0, 0.1) is 0 Å². The zero-order valence-corrected chi connectivity index (χ0v) is 13.4. The predicted octanol–water partition coefficient (Wildman–Crippen LogP) is 3.04. The molecule has 0 saturated carbocycles. The van der Waals surface area contributed by atoms with Crippen molar-refractivity contribution in [1.82, 2.24) is 0 Å². The average Bonchev–Trinajstić information content (AvgIpc) is 2.38. The van der Waals surface area contributed by atoms with Crippen molar-refractivity contribution >= 4 is 27.6 Å². The van der Waals surface area contributed by atoms with Gasteiger partial charge in [-0.15, -0.1) is 0 Å². The fourth-order valence-corrected chi connectivity index (χ4v) is 2.96. The lowest BCUT2D eigenvalue weighted by Crippen LogP contribution is -2.38. The van der Waals surface area contributed by atoms with Gasteiger partial charge in [0, 0.05) is 28.7 Å². The fourth-order valence-electron chi connectivity index (χ4n) is 2.60. The van der Waals surface area contributed by atoms with E-state index in [9.17, 15) is 4.79 Å². The van der Waals surface area contributed by atoms with Gasteiger partial charge in [0.25, 0.3) is 0 Å². The van der Waals surface area contributed by atoms with Crippen molar-refractivity contribution in [3.05, 3.63) is 28.2 Å². The number of anilines is 1. The highest BCUT2D eigenvalue weighted by atomic mass is 79.9. The monoisotopic (exact) mass is 341 g/mol. The van der Waals surface area contributed by atoms with E-state index in [1.165, 1.54) is 0 Å². The molecular weight excluding hydrogens is 322 g/mol. The Labute approximate surface area is 127 Å². The fraction of sp³-hybridized carbons (Fsp3) is 0.533. The van der Waals surface area contributed by atoms with E-state index in [1.54, 1.807) is 0 Å². The number of morpholine rings is 1. The molecule has 1 fully saturated rings. The Hall–Kier alpha value is -1.07. The third kappa shape index (κ3) is 3.52. The summed E-state index contributed by atoms with van der Waals surface area (Å²) < 4.78 is 6.36. The molecule has 1 aliphatic rings. The van der Waals surface area contributed by atoms with Gasteiger partial charge in [-0.05, 0) is 23.8 Å². The molecule has 1 saturated heterocycles. The third-order valence-electron chi connectivity index (χ3n) is 3.63. The molecule has 0 radical (unpaired) electrons. The second kappa shape index (κ2) is 6.14. The maximum absolute atomic E-state index is 11.1. The topological polar surface area (TPSA) is 49.8 Å². The van der Waals surface area contributed by atoms with Gasteiger partial charge in [-0.25, -0.2) is 0 Å². The van der Waals surface area contributed by atoms with Gasteiger partial charge in [0.2, 0.25) is 0 Å². The Morgan fingerprint density at radius 2 is 2.05 bits per heavy atom. The van der Waals surface area contributed by atoms with Gasteiger partial charge in [-0.3, -0.25) is 4.79 Å². The van der Waals surface area contributed by atoms with E-state index in [4.69, 9.17) is 9.84 Å². The van der Waals surface area contributed by atoms with Crippen LogP contribution >= 0.6 is 15.9 Å². The van der Waals surface area contributed by atoms with Crippen molar-refractivity contribution < 1.29 is 14.6 Å². The molecule has 20 heavy (non-hydrogen) atoms. The first-order chi connectivity index (χ1) is 9.40. The van der Waals surface area contributed by atoms with E-state index < -0.39 is 11.4 Å². The molecule has 110 valence electrons. The lowest BCUT2D eigenvalue weighted by atomic mass is 9.80.